The molecular weight excluding hydrogens is 556 g/mol. The van der Waals surface area contributed by atoms with Crippen LogP contribution in [0.3, 0.4) is 0 Å². The number of thioether (sulfide) groups is 2. The lowest BCUT2D eigenvalue weighted by Crippen LogP contribution is -2.60. The van der Waals surface area contributed by atoms with Crippen LogP contribution in [0.2, 0.25) is 0 Å². The van der Waals surface area contributed by atoms with E-state index < -0.39 is 0 Å². The summed E-state index contributed by atoms with van der Waals surface area (Å²) in [6.07, 6.45) is 4.19. The number of ether oxygens (including phenoxy) is 1. The molecule has 0 spiro atoms. The van der Waals surface area contributed by atoms with Crippen molar-refractivity contribution in [3.05, 3.63) is 109 Å². The molecule has 9 heteroatoms. The summed E-state index contributed by atoms with van der Waals surface area (Å²) in [5.74, 6) is -0.198. The number of ketones is 1. The van der Waals surface area contributed by atoms with Gasteiger partial charge < -0.3 is 15.4 Å². The number of rotatable bonds is 11. The number of hydrogen-bond acceptors (Lipinski definition) is 7. The fraction of sp³-hybridized carbons (Fsp3) is 0.250. The normalized spacial score (nSPS) is 20.9. The fourth-order valence-electron chi connectivity index (χ4n) is 4.17. The minimum atomic E-state index is -0.382. The highest BCUT2D eigenvalue weighted by Crippen LogP contribution is 2.32. The maximum absolute atomic E-state index is 12.1. The highest BCUT2D eigenvalue weighted by molar-refractivity contribution is 8.01. The van der Waals surface area contributed by atoms with Crippen molar-refractivity contribution < 1.29 is 23.9 Å². The summed E-state index contributed by atoms with van der Waals surface area (Å²) in [6.45, 7) is 2.10. The topological polar surface area (TPSA) is 102 Å². The van der Waals surface area contributed by atoms with Gasteiger partial charge in [-0.3, -0.25) is 14.4 Å². The van der Waals surface area contributed by atoms with E-state index in [9.17, 15) is 19.2 Å². The van der Waals surface area contributed by atoms with Crippen molar-refractivity contribution in [2.45, 2.75) is 52.1 Å². The van der Waals surface area contributed by atoms with E-state index in [2.05, 4.69) is 10.6 Å². The summed E-state index contributed by atoms with van der Waals surface area (Å²) in [7, 11) is 0. The molecule has 2 aliphatic heterocycles. The monoisotopic (exact) mass is 588 g/mol. The molecule has 4 unspecified atom stereocenters. The van der Waals surface area contributed by atoms with E-state index in [4.69, 9.17) is 4.74 Å². The van der Waals surface area contributed by atoms with Crippen molar-refractivity contribution >= 4 is 47.1 Å². The minimum Gasteiger partial charge on any atom is -0.463 e. The molecule has 3 aromatic carbocycles. The minimum absolute atomic E-state index is 0.00707. The zero-order valence-corrected chi connectivity index (χ0v) is 24.2. The van der Waals surface area contributed by atoms with Crippen LogP contribution in [0, 0.1) is 0 Å². The Kier molecular flexibility index (Phi) is 11.2. The molecule has 2 heterocycles. The third-order valence-corrected chi connectivity index (χ3v) is 9.01. The average Bonchev–Trinajstić information content (AvgIpc) is 3.00. The zero-order chi connectivity index (χ0) is 29.0. The molecule has 0 saturated carbocycles. The van der Waals surface area contributed by atoms with E-state index in [1.165, 1.54) is 17.8 Å². The Morgan fingerprint density at radius 3 is 1.85 bits per heavy atom. The van der Waals surface area contributed by atoms with Crippen molar-refractivity contribution in [1.82, 2.24) is 10.6 Å². The van der Waals surface area contributed by atoms with Crippen molar-refractivity contribution in [2.24, 2.45) is 0 Å². The molecule has 2 N–H and O–H groups in total. The highest BCUT2D eigenvalue weighted by Gasteiger charge is 2.40. The van der Waals surface area contributed by atoms with Gasteiger partial charge in [0, 0.05) is 27.9 Å². The zero-order valence-electron chi connectivity index (χ0n) is 22.6. The molecule has 0 aromatic heterocycles. The van der Waals surface area contributed by atoms with Crippen LogP contribution < -0.4 is 10.6 Å². The molecule has 4 atom stereocenters. The van der Waals surface area contributed by atoms with Crippen molar-refractivity contribution in [2.75, 3.05) is 6.61 Å². The Balaban J connectivity index is 0.000000191. The van der Waals surface area contributed by atoms with E-state index >= 15 is 0 Å². The Morgan fingerprint density at radius 1 is 0.780 bits per heavy atom. The Labute approximate surface area is 248 Å². The molecule has 7 nitrogen and oxygen atoms in total. The second-order valence-electron chi connectivity index (χ2n) is 9.29. The van der Waals surface area contributed by atoms with Gasteiger partial charge in [0.05, 0.1) is 18.7 Å². The number of Topliss-reactive ketones (excluding diaryl/α,β-unsaturated/α-hetero) is 1. The first kappa shape index (κ1) is 30.1. The lowest BCUT2D eigenvalue weighted by Gasteiger charge is -2.36. The summed E-state index contributed by atoms with van der Waals surface area (Å²) < 4.78 is 4.80. The molecule has 2 saturated heterocycles. The molecule has 41 heavy (non-hydrogen) atoms. The molecule has 212 valence electrons. The lowest BCUT2D eigenvalue weighted by molar-refractivity contribution is -0.137. The second-order valence-corrected chi connectivity index (χ2v) is 11.7. The number of amides is 2. The quantitative estimate of drug-likeness (QED) is 0.140. The molecular formula is C32H32N2O5S2. The third kappa shape index (κ3) is 8.83. The van der Waals surface area contributed by atoms with Crippen molar-refractivity contribution in [3.8, 4) is 0 Å². The van der Waals surface area contributed by atoms with E-state index in [1.807, 2.05) is 91.0 Å². The van der Waals surface area contributed by atoms with Crippen LogP contribution in [-0.4, -0.2) is 52.8 Å². The summed E-state index contributed by atoms with van der Waals surface area (Å²) in [5, 5.41) is 5.39. The van der Waals surface area contributed by atoms with Crippen LogP contribution in [-0.2, 0) is 19.1 Å². The summed E-state index contributed by atoms with van der Waals surface area (Å²) in [4.78, 5) is 48.7. The van der Waals surface area contributed by atoms with Gasteiger partial charge in [0.1, 0.15) is 10.5 Å². The fourth-order valence-corrected chi connectivity index (χ4v) is 6.41. The lowest BCUT2D eigenvalue weighted by atomic mass is 9.96. The predicted molar refractivity (Wildman–Crippen MR) is 162 cm³/mol. The Bertz CT molecular complexity index is 1350. The number of β-lactam (4-membered cyclic amide) rings is 2. The molecule has 2 fully saturated rings. The smallest absolute Gasteiger partial charge is 0.330 e. The van der Waals surface area contributed by atoms with E-state index in [-0.39, 0.29) is 46.2 Å². The molecule has 2 aliphatic rings. The van der Waals surface area contributed by atoms with Gasteiger partial charge in [0.2, 0.25) is 11.8 Å². The van der Waals surface area contributed by atoms with Crippen LogP contribution >= 0.6 is 23.5 Å². The molecule has 0 radical (unpaired) electrons. The predicted octanol–water partition coefficient (Wildman–Crippen LogP) is 5.07. The molecule has 2 amide bonds. The van der Waals surface area contributed by atoms with Crippen molar-refractivity contribution in [3.63, 3.8) is 0 Å². The number of esters is 1. The number of carbonyl (C=O) groups is 4. The number of nitrogens with one attached hydrogen (secondary N) is 2. The average molecular weight is 589 g/mol. The van der Waals surface area contributed by atoms with E-state index in [0.717, 1.165) is 15.4 Å². The molecule has 0 aliphatic carbocycles. The van der Waals surface area contributed by atoms with Gasteiger partial charge in [-0.25, -0.2) is 4.79 Å². The third-order valence-electron chi connectivity index (χ3n) is 6.36. The first-order valence-corrected chi connectivity index (χ1v) is 15.2. The number of hydrogen-bond donors (Lipinski definition) is 2. The summed E-state index contributed by atoms with van der Waals surface area (Å²) >= 11 is 3.07. The molecule has 5 rings (SSSR count). The summed E-state index contributed by atoms with van der Waals surface area (Å²) in [5.41, 5.74) is 0.736. The van der Waals surface area contributed by atoms with E-state index in [0.29, 0.717) is 19.4 Å². The van der Waals surface area contributed by atoms with Crippen LogP contribution in [0.25, 0.3) is 0 Å². The first-order valence-electron chi connectivity index (χ1n) is 13.4. The van der Waals surface area contributed by atoms with E-state index in [1.54, 1.807) is 24.8 Å². The van der Waals surface area contributed by atoms with Crippen LogP contribution in [0.1, 0.15) is 30.1 Å². The summed E-state index contributed by atoms with van der Waals surface area (Å²) in [6, 6.07) is 28.9. The molecule has 3 aromatic rings. The standard InChI is InChI=1S/C18H17NO2S.C14H15NO3S/c20-16(13-7-3-1-4-8-13)12-11-15-17(18(21)19-15)22-14-9-5-2-6-10-14;1-2-18-12(16)9-8-11-13(14(17)15-11)19-10-6-4-3-5-7-10/h1-10,15,17H,11-12H2,(H,19,21);3-9,11,13H,2H2,1H3,(H,15,17)/b;9-8+. The van der Waals surface area contributed by atoms with Gasteiger partial charge in [0.25, 0.3) is 0 Å². The maximum Gasteiger partial charge on any atom is 0.330 e. The number of benzene rings is 3. The van der Waals surface area contributed by atoms with Gasteiger partial charge in [-0.1, -0.05) is 72.8 Å². The van der Waals surface area contributed by atoms with Gasteiger partial charge in [0.15, 0.2) is 5.78 Å². The first-order chi connectivity index (χ1) is 19.9. The van der Waals surface area contributed by atoms with Gasteiger partial charge in [-0.15, -0.1) is 23.5 Å². The van der Waals surface area contributed by atoms with Crippen LogP contribution in [0.5, 0.6) is 0 Å². The maximum atomic E-state index is 12.1. The van der Waals surface area contributed by atoms with Gasteiger partial charge in [-0.2, -0.15) is 0 Å². The van der Waals surface area contributed by atoms with Crippen LogP contribution in [0.15, 0.2) is 113 Å². The second kappa shape index (κ2) is 15.3. The highest BCUT2D eigenvalue weighted by atomic mass is 32.2. The van der Waals surface area contributed by atoms with Crippen molar-refractivity contribution in [1.29, 1.82) is 0 Å². The van der Waals surface area contributed by atoms with Gasteiger partial charge in [-0.05, 0) is 37.6 Å². The van der Waals surface area contributed by atoms with Crippen LogP contribution in [0.4, 0.5) is 0 Å². The largest absolute Gasteiger partial charge is 0.463 e. The Morgan fingerprint density at radius 2 is 1.32 bits per heavy atom. The Hall–Kier alpha value is -3.82. The molecule has 0 bridgehead atoms. The number of carbonyl (C=O) groups excluding carboxylic acids is 4. The SMILES string of the molecule is CCOC(=O)/C=C/C1NC(=O)C1Sc1ccccc1.O=C(CCC1NC(=O)C1Sc1ccccc1)c1ccccc1. The van der Waals surface area contributed by atoms with Gasteiger partial charge >= 0.3 is 5.97 Å².